The first-order chi connectivity index (χ1) is 9.72. The fraction of sp³-hybridized carbons (Fsp3) is 0.385. The number of anilines is 1. The maximum Gasteiger partial charge on any atom is 0.321 e. The highest BCUT2D eigenvalue weighted by atomic mass is 32.1. The van der Waals surface area contributed by atoms with Gasteiger partial charge < -0.3 is 14.6 Å². The number of urea groups is 1. The number of thiazole rings is 1. The lowest BCUT2D eigenvalue weighted by molar-refractivity contribution is 0.112. The van der Waals surface area contributed by atoms with Gasteiger partial charge in [-0.2, -0.15) is 0 Å². The molecule has 0 aliphatic carbocycles. The minimum absolute atomic E-state index is 0.238. The van der Waals surface area contributed by atoms with E-state index in [1.165, 1.54) is 11.3 Å². The molecular formula is C13H16N4O2S. The van der Waals surface area contributed by atoms with Gasteiger partial charge in [0.1, 0.15) is 0 Å². The number of hydrogen-bond donors (Lipinski definition) is 2. The predicted octanol–water partition coefficient (Wildman–Crippen LogP) is 1.88. The van der Waals surface area contributed by atoms with Gasteiger partial charge in [-0.1, -0.05) is 11.3 Å². The van der Waals surface area contributed by atoms with E-state index in [1.54, 1.807) is 0 Å². The standard InChI is InChI=1S/C13H16N4O2S/c1-17-5-2-3-9(17)7-14-12(18)16-13-15-10-4-6-19-8-11(10)20-13/h2-3,5H,4,6-8H2,1H3,(H2,14,15,16,18). The number of rotatable bonds is 3. The van der Waals surface area contributed by atoms with E-state index in [2.05, 4.69) is 15.6 Å². The molecule has 1 aliphatic heterocycles. The number of aryl methyl sites for hydroxylation is 1. The number of amides is 2. The summed E-state index contributed by atoms with van der Waals surface area (Å²) >= 11 is 1.48. The Morgan fingerprint density at radius 2 is 2.50 bits per heavy atom. The zero-order chi connectivity index (χ0) is 13.9. The van der Waals surface area contributed by atoms with Crippen molar-refractivity contribution in [1.82, 2.24) is 14.9 Å². The van der Waals surface area contributed by atoms with Crippen LogP contribution in [0.15, 0.2) is 18.3 Å². The molecule has 106 valence electrons. The predicted molar refractivity (Wildman–Crippen MR) is 76.7 cm³/mol. The Balaban J connectivity index is 1.56. The first kappa shape index (κ1) is 13.1. The van der Waals surface area contributed by atoms with Crippen LogP contribution < -0.4 is 10.6 Å². The number of carbonyl (C=O) groups is 1. The molecule has 0 aromatic carbocycles. The van der Waals surface area contributed by atoms with Gasteiger partial charge in [0.15, 0.2) is 5.13 Å². The van der Waals surface area contributed by atoms with Gasteiger partial charge >= 0.3 is 6.03 Å². The van der Waals surface area contributed by atoms with E-state index >= 15 is 0 Å². The lowest BCUT2D eigenvalue weighted by Gasteiger charge is -2.08. The van der Waals surface area contributed by atoms with Crippen LogP contribution in [0.2, 0.25) is 0 Å². The molecule has 2 N–H and O–H groups in total. The lowest BCUT2D eigenvalue weighted by Crippen LogP contribution is -2.28. The van der Waals surface area contributed by atoms with Crippen molar-refractivity contribution in [2.45, 2.75) is 19.6 Å². The molecule has 2 aromatic heterocycles. The van der Waals surface area contributed by atoms with Crippen molar-refractivity contribution in [3.63, 3.8) is 0 Å². The van der Waals surface area contributed by atoms with Crippen LogP contribution >= 0.6 is 11.3 Å². The summed E-state index contributed by atoms with van der Waals surface area (Å²) in [6.45, 7) is 1.79. The minimum Gasteiger partial charge on any atom is -0.375 e. The van der Waals surface area contributed by atoms with Crippen molar-refractivity contribution in [2.75, 3.05) is 11.9 Å². The first-order valence-corrected chi connectivity index (χ1v) is 7.25. The van der Waals surface area contributed by atoms with Crippen LogP contribution in [0.25, 0.3) is 0 Å². The second kappa shape index (κ2) is 5.64. The van der Waals surface area contributed by atoms with Gasteiger partial charge in [0, 0.05) is 25.4 Å². The number of nitrogens with zero attached hydrogens (tertiary/aromatic N) is 2. The summed E-state index contributed by atoms with van der Waals surface area (Å²) in [4.78, 5) is 17.4. The smallest absolute Gasteiger partial charge is 0.321 e. The highest BCUT2D eigenvalue weighted by Gasteiger charge is 2.16. The molecule has 20 heavy (non-hydrogen) atoms. The number of fused-ring (bicyclic) bond motifs is 1. The average molecular weight is 292 g/mol. The minimum atomic E-state index is -0.238. The van der Waals surface area contributed by atoms with Crippen molar-refractivity contribution in [3.05, 3.63) is 34.6 Å². The third-order valence-electron chi connectivity index (χ3n) is 3.20. The summed E-state index contributed by atoms with van der Waals surface area (Å²) in [6.07, 6.45) is 2.77. The van der Waals surface area contributed by atoms with E-state index in [0.717, 1.165) is 22.7 Å². The normalized spacial score (nSPS) is 13.8. The van der Waals surface area contributed by atoms with Crippen LogP contribution in [0.5, 0.6) is 0 Å². The van der Waals surface area contributed by atoms with Gasteiger partial charge in [0.05, 0.1) is 30.3 Å². The molecule has 0 spiro atoms. The Morgan fingerprint density at radius 3 is 3.25 bits per heavy atom. The average Bonchev–Trinajstić information content (AvgIpc) is 3.01. The highest BCUT2D eigenvalue weighted by molar-refractivity contribution is 7.15. The molecule has 2 aromatic rings. The van der Waals surface area contributed by atoms with Crippen molar-refractivity contribution in [1.29, 1.82) is 0 Å². The topological polar surface area (TPSA) is 68.2 Å². The molecule has 0 saturated heterocycles. The summed E-state index contributed by atoms with van der Waals surface area (Å²) in [5.74, 6) is 0. The zero-order valence-electron chi connectivity index (χ0n) is 11.2. The third kappa shape index (κ3) is 2.83. The number of nitrogens with one attached hydrogen (secondary N) is 2. The maximum atomic E-state index is 11.8. The summed E-state index contributed by atoms with van der Waals surface area (Å²) in [5.41, 5.74) is 2.09. The second-order valence-electron chi connectivity index (χ2n) is 4.61. The molecule has 3 rings (SSSR count). The van der Waals surface area contributed by atoms with Crippen molar-refractivity contribution < 1.29 is 9.53 Å². The Labute approximate surface area is 120 Å². The molecule has 0 saturated carbocycles. The van der Waals surface area contributed by atoms with E-state index in [-0.39, 0.29) is 6.03 Å². The number of ether oxygens (including phenoxy) is 1. The second-order valence-corrected chi connectivity index (χ2v) is 5.69. The summed E-state index contributed by atoms with van der Waals surface area (Å²) in [7, 11) is 1.95. The van der Waals surface area contributed by atoms with Gasteiger partial charge in [-0.25, -0.2) is 9.78 Å². The molecule has 2 amide bonds. The Kier molecular flexibility index (Phi) is 3.70. The van der Waals surface area contributed by atoms with Crippen LogP contribution in [0, 0.1) is 0 Å². The van der Waals surface area contributed by atoms with Gasteiger partial charge in [0.2, 0.25) is 0 Å². The fourth-order valence-electron chi connectivity index (χ4n) is 2.07. The highest BCUT2D eigenvalue weighted by Crippen LogP contribution is 2.26. The first-order valence-electron chi connectivity index (χ1n) is 6.44. The van der Waals surface area contributed by atoms with Gasteiger partial charge in [-0.05, 0) is 12.1 Å². The summed E-state index contributed by atoms with van der Waals surface area (Å²) in [5, 5.41) is 6.22. The van der Waals surface area contributed by atoms with Crippen molar-refractivity contribution >= 4 is 22.5 Å². The van der Waals surface area contributed by atoms with Gasteiger partial charge in [-0.15, -0.1) is 0 Å². The van der Waals surface area contributed by atoms with E-state index in [9.17, 15) is 4.79 Å². The molecule has 6 nitrogen and oxygen atoms in total. The van der Waals surface area contributed by atoms with Crippen LogP contribution in [0.1, 0.15) is 16.3 Å². The Hall–Kier alpha value is -1.86. The lowest BCUT2D eigenvalue weighted by atomic mass is 10.2. The molecule has 0 atom stereocenters. The number of carbonyl (C=O) groups excluding carboxylic acids is 1. The zero-order valence-corrected chi connectivity index (χ0v) is 12.0. The monoisotopic (exact) mass is 292 g/mol. The molecule has 0 fully saturated rings. The largest absolute Gasteiger partial charge is 0.375 e. The molecular weight excluding hydrogens is 276 g/mol. The summed E-state index contributed by atoms with van der Waals surface area (Å²) in [6, 6.07) is 3.68. The third-order valence-corrected chi connectivity index (χ3v) is 4.18. The van der Waals surface area contributed by atoms with E-state index in [0.29, 0.717) is 24.9 Å². The van der Waals surface area contributed by atoms with E-state index in [4.69, 9.17) is 4.74 Å². The quantitative estimate of drug-likeness (QED) is 0.907. The van der Waals surface area contributed by atoms with Gasteiger partial charge in [-0.3, -0.25) is 5.32 Å². The number of aromatic nitrogens is 2. The van der Waals surface area contributed by atoms with Crippen LogP contribution in [-0.2, 0) is 31.4 Å². The molecule has 0 unspecified atom stereocenters. The molecule has 3 heterocycles. The molecule has 7 heteroatoms. The van der Waals surface area contributed by atoms with E-state index in [1.807, 2.05) is 29.9 Å². The van der Waals surface area contributed by atoms with Crippen molar-refractivity contribution in [2.24, 2.45) is 7.05 Å². The molecule has 0 radical (unpaired) electrons. The van der Waals surface area contributed by atoms with Crippen molar-refractivity contribution in [3.8, 4) is 0 Å². The van der Waals surface area contributed by atoms with E-state index < -0.39 is 0 Å². The number of hydrogen-bond acceptors (Lipinski definition) is 4. The summed E-state index contributed by atoms with van der Waals surface area (Å²) < 4.78 is 7.34. The van der Waals surface area contributed by atoms with Crippen LogP contribution in [0.4, 0.5) is 9.93 Å². The van der Waals surface area contributed by atoms with Crippen LogP contribution in [-0.4, -0.2) is 22.2 Å². The van der Waals surface area contributed by atoms with Crippen LogP contribution in [0.3, 0.4) is 0 Å². The Morgan fingerprint density at radius 1 is 1.60 bits per heavy atom. The molecule has 1 aliphatic rings. The maximum absolute atomic E-state index is 11.8. The SMILES string of the molecule is Cn1cccc1CNC(=O)Nc1nc2c(s1)COCC2. The Bertz CT molecular complexity index is 596. The fourth-order valence-corrected chi connectivity index (χ4v) is 3.01. The molecule has 0 bridgehead atoms. The van der Waals surface area contributed by atoms with Gasteiger partial charge in [0.25, 0.3) is 0 Å².